The molecule has 7 heteroatoms. The Kier molecular flexibility index (Phi) is 4.04. The molecule has 1 unspecified atom stereocenters. The average molecular weight is 301 g/mol. The van der Waals surface area contributed by atoms with E-state index in [9.17, 15) is 17.6 Å². The van der Waals surface area contributed by atoms with E-state index in [4.69, 9.17) is 5.73 Å². The van der Waals surface area contributed by atoms with Crippen molar-refractivity contribution < 1.29 is 17.6 Å². The Morgan fingerprint density at radius 3 is 2.52 bits per heavy atom. The normalized spacial score (nSPS) is 13.5. The first kappa shape index (κ1) is 15.5. The van der Waals surface area contributed by atoms with E-state index >= 15 is 0 Å². The van der Waals surface area contributed by atoms with E-state index in [1.807, 2.05) is 6.92 Å². The minimum Gasteiger partial charge on any atom is -0.319 e. The monoisotopic (exact) mass is 301 g/mol. The van der Waals surface area contributed by atoms with E-state index in [-0.39, 0.29) is 5.56 Å². The maximum absolute atomic E-state index is 13.3. The first-order valence-electron chi connectivity index (χ1n) is 6.40. The summed E-state index contributed by atoms with van der Waals surface area (Å²) in [6, 6.07) is 3.72. The van der Waals surface area contributed by atoms with Crippen LogP contribution in [-0.4, -0.2) is 9.78 Å². The topological polar surface area (TPSA) is 43.8 Å². The SMILES string of the molecule is CCn1nc(C)cc1C(N)c1ccc(F)c(C(F)(F)F)c1. The molecule has 1 aromatic heterocycles. The lowest BCUT2D eigenvalue weighted by Crippen LogP contribution is -2.18. The van der Waals surface area contributed by atoms with Crippen LogP contribution in [0.15, 0.2) is 24.3 Å². The smallest absolute Gasteiger partial charge is 0.319 e. The number of aryl methyl sites for hydroxylation is 2. The number of nitrogens with two attached hydrogens (primary N) is 1. The zero-order valence-electron chi connectivity index (χ0n) is 11.6. The van der Waals surface area contributed by atoms with Gasteiger partial charge in [-0.3, -0.25) is 4.68 Å². The van der Waals surface area contributed by atoms with Crippen LogP contribution in [0, 0.1) is 12.7 Å². The second kappa shape index (κ2) is 5.48. The lowest BCUT2D eigenvalue weighted by Gasteiger charge is -2.16. The molecule has 0 amide bonds. The summed E-state index contributed by atoms with van der Waals surface area (Å²) in [5.74, 6) is -1.31. The van der Waals surface area contributed by atoms with Crippen LogP contribution in [0.25, 0.3) is 0 Å². The van der Waals surface area contributed by atoms with Crippen LogP contribution in [0.1, 0.15) is 35.5 Å². The van der Waals surface area contributed by atoms with Gasteiger partial charge in [0.05, 0.1) is 23.0 Å². The molecule has 1 heterocycles. The molecule has 0 aliphatic rings. The zero-order chi connectivity index (χ0) is 15.8. The van der Waals surface area contributed by atoms with Gasteiger partial charge < -0.3 is 5.73 Å². The van der Waals surface area contributed by atoms with Gasteiger partial charge in [0.25, 0.3) is 0 Å². The molecule has 1 atom stereocenters. The second-order valence-corrected chi connectivity index (χ2v) is 4.74. The first-order chi connectivity index (χ1) is 9.74. The van der Waals surface area contributed by atoms with Crippen molar-refractivity contribution in [2.24, 2.45) is 5.73 Å². The number of alkyl halides is 3. The van der Waals surface area contributed by atoms with Crippen molar-refractivity contribution in [3.63, 3.8) is 0 Å². The molecule has 0 fully saturated rings. The molecular weight excluding hydrogens is 286 g/mol. The van der Waals surface area contributed by atoms with Crippen molar-refractivity contribution in [3.8, 4) is 0 Å². The third-order valence-corrected chi connectivity index (χ3v) is 3.21. The summed E-state index contributed by atoms with van der Waals surface area (Å²) in [5, 5.41) is 4.20. The highest BCUT2D eigenvalue weighted by molar-refractivity contribution is 5.34. The molecule has 0 bridgehead atoms. The largest absolute Gasteiger partial charge is 0.419 e. The summed E-state index contributed by atoms with van der Waals surface area (Å²) in [7, 11) is 0. The Balaban J connectivity index is 2.46. The van der Waals surface area contributed by atoms with Gasteiger partial charge in [-0.05, 0) is 37.6 Å². The Bertz CT molecular complexity index is 646. The predicted molar refractivity (Wildman–Crippen MR) is 70.1 cm³/mol. The molecule has 0 saturated carbocycles. The fourth-order valence-corrected chi connectivity index (χ4v) is 2.19. The number of nitrogens with zero attached hydrogens (tertiary/aromatic N) is 2. The Morgan fingerprint density at radius 2 is 1.95 bits per heavy atom. The maximum atomic E-state index is 13.3. The average Bonchev–Trinajstić information content (AvgIpc) is 2.78. The second-order valence-electron chi connectivity index (χ2n) is 4.74. The maximum Gasteiger partial charge on any atom is 0.419 e. The van der Waals surface area contributed by atoms with Crippen LogP contribution in [-0.2, 0) is 12.7 Å². The minimum atomic E-state index is -4.75. The van der Waals surface area contributed by atoms with E-state index < -0.39 is 23.6 Å². The van der Waals surface area contributed by atoms with Crippen molar-refractivity contribution in [3.05, 3.63) is 52.6 Å². The fourth-order valence-electron chi connectivity index (χ4n) is 2.19. The van der Waals surface area contributed by atoms with Gasteiger partial charge in [-0.2, -0.15) is 18.3 Å². The summed E-state index contributed by atoms with van der Waals surface area (Å²) < 4.78 is 53.2. The molecule has 0 aliphatic carbocycles. The van der Waals surface area contributed by atoms with E-state index in [0.29, 0.717) is 12.2 Å². The van der Waals surface area contributed by atoms with Crippen molar-refractivity contribution in [1.29, 1.82) is 0 Å². The molecule has 2 aromatic rings. The molecule has 114 valence electrons. The van der Waals surface area contributed by atoms with E-state index in [2.05, 4.69) is 5.10 Å². The number of benzene rings is 1. The Labute approximate surface area is 119 Å². The van der Waals surface area contributed by atoms with Gasteiger partial charge in [0.1, 0.15) is 5.82 Å². The Morgan fingerprint density at radius 1 is 1.29 bits per heavy atom. The lowest BCUT2D eigenvalue weighted by atomic mass is 10.0. The van der Waals surface area contributed by atoms with Gasteiger partial charge in [-0.1, -0.05) is 6.07 Å². The highest BCUT2D eigenvalue weighted by atomic mass is 19.4. The number of hydrogen-bond acceptors (Lipinski definition) is 2. The third kappa shape index (κ3) is 3.07. The number of aromatic nitrogens is 2. The van der Waals surface area contributed by atoms with Crippen LogP contribution in [0.2, 0.25) is 0 Å². The zero-order valence-corrected chi connectivity index (χ0v) is 11.6. The molecule has 3 nitrogen and oxygen atoms in total. The summed E-state index contributed by atoms with van der Waals surface area (Å²) >= 11 is 0. The van der Waals surface area contributed by atoms with Crippen LogP contribution in [0.4, 0.5) is 17.6 Å². The number of rotatable bonds is 3. The minimum absolute atomic E-state index is 0.193. The van der Waals surface area contributed by atoms with Crippen LogP contribution in [0.3, 0.4) is 0 Å². The van der Waals surface area contributed by atoms with E-state index in [0.717, 1.165) is 17.8 Å². The Hall–Kier alpha value is -1.89. The van der Waals surface area contributed by atoms with Gasteiger partial charge in [-0.25, -0.2) is 4.39 Å². The van der Waals surface area contributed by atoms with Gasteiger partial charge in [0, 0.05) is 6.54 Å². The highest BCUT2D eigenvalue weighted by Crippen LogP contribution is 2.33. The lowest BCUT2D eigenvalue weighted by molar-refractivity contribution is -0.140. The van der Waals surface area contributed by atoms with Crippen molar-refractivity contribution in [1.82, 2.24) is 9.78 Å². The van der Waals surface area contributed by atoms with E-state index in [1.54, 1.807) is 17.7 Å². The molecule has 0 radical (unpaired) electrons. The summed E-state index contributed by atoms with van der Waals surface area (Å²) in [6.07, 6.45) is -4.75. The van der Waals surface area contributed by atoms with Crippen molar-refractivity contribution in [2.75, 3.05) is 0 Å². The molecule has 1 aromatic carbocycles. The molecule has 2 rings (SSSR count). The summed E-state index contributed by atoms with van der Waals surface area (Å²) in [5.41, 5.74) is 6.22. The molecule has 0 saturated heterocycles. The molecular formula is C14H15F4N3. The fraction of sp³-hybridized carbons (Fsp3) is 0.357. The van der Waals surface area contributed by atoms with Crippen molar-refractivity contribution >= 4 is 0 Å². The van der Waals surface area contributed by atoms with E-state index in [1.165, 1.54) is 6.07 Å². The molecule has 2 N–H and O–H groups in total. The third-order valence-electron chi connectivity index (χ3n) is 3.21. The van der Waals surface area contributed by atoms with Gasteiger partial charge >= 0.3 is 6.18 Å². The summed E-state index contributed by atoms with van der Waals surface area (Å²) in [4.78, 5) is 0. The summed E-state index contributed by atoms with van der Waals surface area (Å²) in [6.45, 7) is 4.17. The van der Waals surface area contributed by atoms with Crippen LogP contribution >= 0.6 is 0 Å². The standard InChI is InChI=1S/C14H15F4N3/c1-3-21-12(6-8(2)20-21)13(19)9-4-5-11(15)10(7-9)14(16,17)18/h4-7,13H,3,19H2,1-2H3. The molecule has 21 heavy (non-hydrogen) atoms. The van der Waals surface area contributed by atoms with Crippen LogP contribution in [0.5, 0.6) is 0 Å². The highest BCUT2D eigenvalue weighted by Gasteiger charge is 2.34. The van der Waals surface area contributed by atoms with Crippen molar-refractivity contribution in [2.45, 2.75) is 32.6 Å². The number of halogens is 4. The van der Waals surface area contributed by atoms with Gasteiger partial charge in [0.15, 0.2) is 0 Å². The van der Waals surface area contributed by atoms with Gasteiger partial charge in [0.2, 0.25) is 0 Å². The predicted octanol–water partition coefficient (Wildman–Crippen LogP) is 3.42. The van der Waals surface area contributed by atoms with Crippen LogP contribution < -0.4 is 5.73 Å². The first-order valence-corrected chi connectivity index (χ1v) is 6.40. The quantitative estimate of drug-likeness (QED) is 0.883. The number of hydrogen-bond donors (Lipinski definition) is 1. The van der Waals surface area contributed by atoms with Gasteiger partial charge in [-0.15, -0.1) is 0 Å². The molecule has 0 aliphatic heterocycles. The molecule has 0 spiro atoms.